The first-order valence-corrected chi connectivity index (χ1v) is 10.1. The number of carbonyl (C=O) groups excluding carboxylic acids is 1. The summed E-state index contributed by atoms with van der Waals surface area (Å²) in [4.78, 5) is 14.2. The van der Waals surface area contributed by atoms with Gasteiger partial charge in [-0.2, -0.15) is 0 Å². The van der Waals surface area contributed by atoms with E-state index in [1.54, 1.807) is 17.8 Å². The molecule has 0 aromatic heterocycles. The van der Waals surface area contributed by atoms with Crippen LogP contribution in [0.25, 0.3) is 0 Å². The quantitative estimate of drug-likeness (QED) is 0.637. The van der Waals surface area contributed by atoms with Crippen LogP contribution in [0.1, 0.15) is 24.8 Å². The van der Waals surface area contributed by atoms with Crippen LogP contribution in [-0.2, 0) is 15.3 Å². The lowest BCUT2D eigenvalue weighted by molar-refractivity contribution is -0.130. The molecule has 1 aromatic carbocycles. The number of nitrogens with zero attached hydrogens (tertiary/aromatic N) is 1. The number of carbonyl (C=O) groups is 1. The molecule has 0 bridgehead atoms. The molecule has 0 unspecified atom stereocenters. The normalized spacial score (nSPS) is 15.1. The zero-order valence-corrected chi connectivity index (χ0v) is 17.2. The van der Waals surface area contributed by atoms with Gasteiger partial charge >= 0.3 is 0 Å². The highest BCUT2D eigenvalue weighted by Gasteiger charge is 2.22. The molecule has 0 spiro atoms. The predicted octanol–water partition coefficient (Wildman–Crippen LogP) is 4.00. The second-order valence-electron chi connectivity index (χ2n) is 5.82. The summed E-state index contributed by atoms with van der Waals surface area (Å²) in [5.74, 6) is 1.36. The van der Waals surface area contributed by atoms with Gasteiger partial charge in [-0.15, -0.1) is 24.2 Å². The van der Waals surface area contributed by atoms with Crippen LogP contribution >= 0.6 is 47.4 Å². The molecule has 8 heteroatoms. The van der Waals surface area contributed by atoms with Crippen molar-refractivity contribution in [2.75, 3.05) is 32.0 Å². The summed E-state index contributed by atoms with van der Waals surface area (Å²) in [6.07, 6.45) is 2.97. The summed E-state index contributed by atoms with van der Waals surface area (Å²) in [5, 5.41) is 1.28. The molecule has 0 radical (unpaired) electrons. The number of benzene rings is 1. The third-order valence-electron chi connectivity index (χ3n) is 3.99. The maximum absolute atomic E-state index is 12.3. The van der Waals surface area contributed by atoms with E-state index in [2.05, 4.69) is 0 Å². The summed E-state index contributed by atoms with van der Waals surface area (Å²) in [5.41, 5.74) is 6.47. The Kier molecular flexibility index (Phi) is 11.2. The van der Waals surface area contributed by atoms with Crippen LogP contribution in [0.5, 0.6) is 0 Å². The zero-order valence-electron chi connectivity index (χ0n) is 14.1. The number of hydrogen-bond donors (Lipinski definition) is 1. The van der Waals surface area contributed by atoms with Gasteiger partial charge in [-0.3, -0.25) is 4.79 Å². The molecule has 0 atom stereocenters. The SMILES string of the molecule is Cl.NCCCOC1CCN(C(=O)CSCc2ccc(Cl)cc2Cl)CC1. The van der Waals surface area contributed by atoms with E-state index < -0.39 is 0 Å². The van der Waals surface area contributed by atoms with Gasteiger partial charge in [-0.1, -0.05) is 29.3 Å². The molecule has 2 rings (SSSR count). The van der Waals surface area contributed by atoms with E-state index in [0.717, 1.165) is 37.9 Å². The van der Waals surface area contributed by atoms with Crippen LogP contribution in [0.2, 0.25) is 10.0 Å². The van der Waals surface area contributed by atoms with Crippen molar-refractivity contribution in [2.45, 2.75) is 31.1 Å². The molecule has 2 N–H and O–H groups in total. The Hall–Kier alpha value is -0.170. The topological polar surface area (TPSA) is 55.6 Å². The minimum Gasteiger partial charge on any atom is -0.378 e. The summed E-state index contributed by atoms with van der Waals surface area (Å²) in [6.45, 7) is 2.92. The van der Waals surface area contributed by atoms with Crippen molar-refractivity contribution < 1.29 is 9.53 Å². The molecule has 25 heavy (non-hydrogen) atoms. The Labute approximate surface area is 170 Å². The number of piperidine rings is 1. The van der Waals surface area contributed by atoms with Crippen molar-refractivity contribution in [3.8, 4) is 0 Å². The molecule has 1 saturated heterocycles. The van der Waals surface area contributed by atoms with Crippen molar-refractivity contribution in [3.63, 3.8) is 0 Å². The summed E-state index contributed by atoms with van der Waals surface area (Å²) in [7, 11) is 0. The van der Waals surface area contributed by atoms with Gasteiger partial charge < -0.3 is 15.4 Å². The Morgan fingerprint density at radius 1 is 1.32 bits per heavy atom. The van der Waals surface area contributed by atoms with E-state index in [-0.39, 0.29) is 24.4 Å². The van der Waals surface area contributed by atoms with Crippen LogP contribution in [0.4, 0.5) is 0 Å². The maximum atomic E-state index is 12.3. The van der Waals surface area contributed by atoms with Crippen LogP contribution in [0.3, 0.4) is 0 Å². The number of rotatable bonds is 8. The van der Waals surface area contributed by atoms with Crippen molar-refractivity contribution >= 4 is 53.3 Å². The minimum atomic E-state index is 0. The van der Waals surface area contributed by atoms with Gasteiger partial charge in [0, 0.05) is 35.5 Å². The van der Waals surface area contributed by atoms with Gasteiger partial charge in [0.25, 0.3) is 0 Å². The van der Waals surface area contributed by atoms with Crippen LogP contribution in [0, 0.1) is 0 Å². The van der Waals surface area contributed by atoms with E-state index >= 15 is 0 Å². The highest BCUT2D eigenvalue weighted by molar-refractivity contribution is 7.99. The van der Waals surface area contributed by atoms with Gasteiger partial charge in [-0.25, -0.2) is 0 Å². The number of ether oxygens (including phenoxy) is 1. The molecule has 0 saturated carbocycles. The average Bonchev–Trinajstić information content (AvgIpc) is 2.57. The van der Waals surface area contributed by atoms with Gasteiger partial charge in [-0.05, 0) is 43.5 Å². The van der Waals surface area contributed by atoms with Crippen molar-refractivity contribution in [1.82, 2.24) is 4.90 Å². The Balaban J connectivity index is 0.00000312. The molecule has 1 aliphatic rings. The van der Waals surface area contributed by atoms with E-state index in [9.17, 15) is 4.79 Å². The van der Waals surface area contributed by atoms with Gasteiger partial charge in [0.05, 0.1) is 11.9 Å². The summed E-state index contributed by atoms with van der Waals surface area (Å²) in [6, 6.07) is 5.46. The Morgan fingerprint density at radius 2 is 2.04 bits per heavy atom. The largest absolute Gasteiger partial charge is 0.378 e. The maximum Gasteiger partial charge on any atom is 0.232 e. The lowest BCUT2D eigenvalue weighted by Gasteiger charge is -2.32. The summed E-state index contributed by atoms with van der Waals surface area (Å²) < 4.78 is 5.76. The fourth-order valence-electron chi connectivity index (χ4n) is 2.58. The van der Waals surface area contributed by atoms with E-state index in [1.807, 2.05) is 17.0 Å². The first kappa shape index (κ1) is 22.9. The molecule has 1 amide bonds. The standard InChI is InChI=1S/C17H24Cl2N2O2S.ClH/c18-14-3-2-13(16(19)10-14)11-24-12-17(22)21-7-4-15(5-8-21)23-9-1-6-20;/h2-3,10,15H,1,4-9,11-12,20H2;1H. The van der Waals surface area contributed by atoms with E-state index in [4.69, 9.17) is 33.7 Å². The molecule has 0 aliphatic carbocycles. The fourth-order valence-corrected chi connectivity index (χ4v) is 4.07. The third kappa shape index (κ3) is 7.94. The average molecular weight is 428 g/mol. The van der Waals surface area contributed by atoms with Crippen LogP contribution in [-0.4, -0.2) is 48.9 Å². The Bertz CT molecular complexity index is 541. The van der Waals surface area contributed by atoms with Crippen LogP contribution in [0.15, 0.2) is 18.2 Å². The number of likely N-dealkylation sites (tertiary alicyclic amines) is 1. The molecule has 1 aromatic rings. The molecular formula is C17H25Cl3N2O2S. The lowest BCUT2D eigenvalue weighted by atomic mass is 10.1. The fraction of sp³-hybridized carbons (Fsp3) is 0.588. The molecule has 142 valence electrons. The van der Waals surface area contributed by atoms with Crippen molar-refractivity contribution in [2.24, 2.45) is 5.73 Å². The van der Waals surface area contributed by atoms with Crippen molar-refractivity contribution in [3.05, 3.63) is 33.8 Å². The first-order valence-electron chi connectivity index (χ1n) is 8.21. The third-order valence-corrected chi connectivity index (χ3v) is 5.55. The molecule has 1 aliphatic heterocycles. The van der Waals surface area contributed by atoms with Gasteiger partial charge in [0.15, 0.2) is 0 Å². The van der Waals surface area contributed by atoms with E-state index in [0.29, 0.717) is 34.7 Å². The van der Waals surface area contributed by atoms with Gasteiger partial charge in [0.2, 0.25) is 5.91 Å². The van der Waals surface area contributed by atoms with Crippen molar-refractivity contribution in [1.29, 1.82) is 0 Å². The Morgan fingerprint density at radius 3 is 2.68 bits per heavy atom. The molecular weight excluding hydrogens is 403 g/mol. The first-order chi connectivity index (χ1) is 11.6. The second-order valence-corrected chi connectivity index (χ2v) is 7.65. The monoisotopic (exact) mass is 426 g/mol. The molecule has 1 fully saturated rings. The number of halogens is 3. The highest BCUT2D eigenvalue weighted by Crippen LogP contribution is 2.25. The van der Waals surface area contributed by atoms with Crippen LogP contribution < -0.4 is 5.73 Å². The number of thioether (sulfide) groups is 1. The minimum absolute atomic E-state index is 0. The van der Waals surface area contributed by atoms with E-state index in [1.165, 1.54) is 0 Å². The molecule has 4 nitrogen and oxygen atoms in total. The predicted molar refractivity (Wildman–Crippen MR) is 109 cm³/mol. The highest BCUT2D eigenvalue weighted by atomic mass is 35.5. The summed E-state index contributed by atoms with van der Waals surface area (Å²) >= 11 is 13.6. The number of nitrogens with two attached hydrogens (primary N) is 1. The number of amides is 1. The second kappa shape index (κ2) is 12.3. The molecule has 1 heterocycles. The smallest absolute Gasteiger partial charge is 0.232 e. The lowest BCUT2D eigenvalue weighted by Crippen LogP contribution is -2.41. The number of hydrogen-bond acceptors (Lipinski definition) is 4. The van der Waals surface area contributed by atoms with Gasteiger partial charge in [0.1, 0.15) is 0 Å². The zero-order chi connectivity index (χ0) is 17.4.